The predicted molar refractivity (Wildman–Crippen MR) is 84.7 cm³/mol. The molecule has 5 nitrogen and oxygen atoms in total. The average molecular weight is 311 g/mol. The van der Waals surface area contributed by atoms with Gasteiger partial charge < -0.3 is 5.32 Å². The molecule has 0 radical (unpaired) electrons. The summed E-state index contributed by atoms with van der Waals surface area (Å²) in [6.45, 7) is 5.31. The average Bonchev–Trinajstić information content (AvgIpc) is 2.47. The topological polar surface area (TPSA) is 71.1 Å². The van der Waals surface area contributed by atoms with Crippen molar-refractivity contribution in [1.82, 2.24) is 9.71 Å². The van der Waals surface area contributed by atoms with Crippen molar-refractivity contribution in [3.05, 3.63) is 18.3 Å². The lowest BCUT2D eigenvalue weighted by atomic mass is 9.81. The van der Waals surface area contributed by atoms with Gasteiger partial charge in [-0.3, -0.25) is 0 Å². The molecule has 0 amide bonds. The first-order valence-corrected chi connectivity index (χ1v) is 9.21. The Balaban J connectivity index is 2.08. The van der Waals surface area contributed by atoms with E-state index in [0.29, 0.717) is 30.6 Å². The molecule has 0 saturated heterocycles. The molecule has 0 aromatic carbocycles. The maximum atomic E-state index is 12.5. The van der Waals surface area contributed by atoms with Crippen LogP contribution in [0.1, 0.15) is 39.5 Å². The van der Waals surface area contributed by atoms with Crippen molar-refractivity contribution in [3.8, 4) is 0 Å². The van der Waals surface area contributed by atoms with Crippen LogP contribution in [-0.2, 0) is 10.0 Å². The Morgan fingerprint density at radius 3 is 2.81 bits per heavy atom. The molecule has 2 rings (SSSR count). The first kappa shape index (κ1) is 16.2. The van der Waals surface area contributed by atoms with E-state index in [2.05, 4.69) is 21.9 Å². The van der Waals surface area contributed by atoms with Gasteiger partial charge in [-0.1, -0.05) is 26.2 Å². The summed E-state index contributed by atoms with van der Waals surface area (Å²) in [6, 6.07) is 3.48. The maximum Gasteiger partial charge on any atom is 0.260 e. The maximum absolute atomic E-state index is 12.5. The third-order valence-corrected chi connectivity index (χ3v) is 5.60. The van der Waals surface area contributed by atoms with Gasteiger partial charge in [0.25, 0.3) is 10.0 Å². The highest BCUT2D eigenvalue weighted by atomic mass is 32.2. The van der Waals surface area contributed by atoms with Crippen molar-refractivity contribution in [3.63, 3.8) is 0 Å². The second-order valence-corrected chi connectivity index (χ2v) is 7.44. The zero-order chi connectivity index (χ0) is 15.3. The third kappa shape index (κ3) is 4.17. The highest BCUT2D eigenvalue weighted by Gasteiger charge is 2.25. The van der Waals surface area contributed by atoms with Crippen LogP contribution in [0.25, 0.3) is 0 Å². The van der Waals surface area contributed by atoms with Crippen molar-refractivity contribution in [2.75, 3.05) is 18.4 Å². The summed E-state index contributed by atoms with van der Waals surface area (Å²) >= 11 is 0. The van der Waals surface area contributed by atoms with Crippen LogP contribution in [0, 0.1) is 11.8 Å². The molecule has 1 heterocycles. The molecular weight excluding hydrogens is 286 g/mol. The van der Waals surface area contributed by atoms with Crippen LogP contribution in [0.2, 0.25) is 0 Å². The molecule has 1 fully saturated rings. The lowest BCUT2D eigenvalue weighted by Gasteiger charge is -2.28. The summed E-state index contributed by atoms with van der Waals surface area (Å²) in [5, 5.41) is 3.14. The van der Waals surface area contributed by atoms with Gasteiger partial charge in [-0.05, 0) is 37.3 Å². The zero-order valence-corrected chi connectivity index (χ0v) is 13.6. The standard InChI is InChI=1S/C15H25N3O2S/c1-3-16-14-9-6-10-17-15(14)21(19,20)18-11-13-8-5-4-7-12(13)2/h6,9-10,12-13,16,18H,3-5,7-8,11H2,1-2H3. The Morgan fingerprint density at radius 2 is 2.10 bits per heavy atom. The fourth-order valence-corrected chi connectivity index (χ4v) is 4.11. The molecule has 2 unspecified atom stereocenters. The predicted octanol–water partition coefficient (Wildman–Crippen LogP) is 2.62. The van der Waals surface area contributed by atoms with Crippen molar-refractivity contribution in [2.45, 2.75) is 44.6 Å². The van der Waals surface area contributed by atoms with Gasteiger partial charge >= 0.3 is 0 Å². The first-order chi connectivity index (χ1) is 10.0. The van der Waals surface area contributed by atoms with Crippen molar-refractivity contribution < 1.29 is 8.42 Å². The van der Waals surface area contributed by atoms with Gasteiger partial charge in [-0.15, -0.1) is 0 Å². The number of anilines is 1. The first-order valence-electron chi connectivity index (χ1n) is 7.73. The van der Waals surface area contributed by atoms with Crippen molar-refractivity contribution >= 4 is 15.7 Å². The summed E-state index contributed by atoms with van der Waals surface area (Å²) in [5.74, 6) is 1.01. The minimum absolute atomic E-state index is 0.0929. The fourth-order valence-electron chi connectivity index (χ4n) is 2.91. The Bertz CT molecular complexity index is 560. The van der Waals surface area contributed by atoms with Crippen LogP contribution in [0.15, 0.2) is 23.4 Å². The highest BCUT2D eigenvalue weighted by Crippen LogP contribution is 2.29. The smallest absolute Gasteiger partial charge is 0.260 e. The largest absolute Gasteiger partial charge is 0.383 e. The summed E-state index contributed by atoms with van der Waals surface area (Å²) in [6.07, 6.45) is 6.27. The van der Waals surface area contributed by atoms with E-state index in [4.69, 9.17) is 0 Å². The van der Waals surface area contributed by atoms with Crippen LogP contribution in [-0.4, -0.2) is 26.5 Å². The molecule has 0 aliphatic heterocycles. The van der Waals surface area contributed by atoms with E-state index in [-0.39, 0.29) is 5.03 Å². The monoisotopic (exact) mass is 311 g/mol. The van der Waals surface area contributed by atoms with E-state index < -0.39 is 10.0 Å². The Kier molecular flexibility index (Phi) is 5.58. The number of nitrogens with one attached hydrogen (secondary N) is 2. The molecule has 1 aliphatic rings. The molecule has 1 saturated carbocycles. The lowest BCUT2D eigenvalue weighted by Crippen LogP contribution is -2.34. The lowest BCUT2D eigenvalue weighted by molar-refractivity contribution is 0.257. The second kappa shape index (κ2) is 7.22. The minimum atomic E-state index is -3.56. The molecule has 0 bridgehead atoms. The Labute approximate surface area is 127 Å². The van der Waals surface area contributed by atoms with Gasteiger partial charge in [-0.2, -0.15) is 0 Å². The molecule has 118 valence electrons. The van der Waals surface area contributed by atoms with E-state index in [1.54, 1.807) is 12.1 Å². The van der Waals surface area contributed by atoms with Crippen LogP contribution < -0.4 is 10.0 Å². The minimum Gasteiger partial charge on any atom is -0.383 e. The number of sulfonamides is 1. The molecule has 2 N–H and O–H groups in total. The Morgan fingerprint density at radius 1 is 1.33 bits per heavy atom. The van der Waals surface area contributed by atoms with Crippen LogP contribution >= 0.6 is 0 Å². The van der Waals surface area contributed by atoms with Gasteiger partial charge in [0.15, 0.2) is 5.03 Å². The van der Waals surface area contributed by atoms with E-state index in [1.807, 2.05) is 6.92 Å². The summed E-state index contributed by atoms with van der Waals surface area (Å²) in [5.41, 5.74) is 0.559. The third-order valence-electron chi connectivity index (χ3n) is 4.22. The van der Waals surface area contributed by atoms with Crippen LogP contribution in [0.5, 0.6) is 0 Å². The highest BCUT2D eigenvalue weighted by molar-refractivity contribution is 7.89. The summed E-state index contributed by atoms with van der Waals surface area (Å²) < 4.78 is 27.7. The number of rotatable bonds is 6. The molecule has 1 aromatic heterocycles. The van der Waals surface area contributed by atoms with Gasteiger partial charge in [0.2, 0.25) is 0 Å². The number of aromatic nitrogens is 1. The zero-order valence-electron chi connectivity index (χ0n) is 12.8. The van der Waals surface area contributed by atoms with E-state index in [9.17, 15) is 8.42 Å². The number of pyridine rings is 1. The Hall–Kier alpha value is -1.14. The van der Waals surface area contributed by atoms with Crippen LogP contribution in [0.3, 0.4) is 0 Å². The van der Waals surface area contributed by atoms with Gasteiger partial charge in [0.05, 0.1) is 5.69 Å². The quantitative estimate of drug-likeness (QED) is 0.847. The molecule has 21 heavy (non-hydrogen) atoms. The molecule has 0 spiro atoms. The SMILES string of the molecule is CCNc1cccnc1S(=O)(=O)NCC1CCCCC1C. The van der Waals surface area contributed by atoms with E-state index in [1.165, 1.54) is 25.5 Å². The molecular formula is C15H25N3O2S. The summed E-state index contributed by atoms with van der Waals surface area (Å²) in [4.78, 5) is 4.04. The molecule has 1 aliphatic carbocycles. The van der Waals surface area contributed by atoms with Gasteiger partial charge in [0, 0.05) is 19.3 Å². The van der Waals surface area contributed by atoms with Gasteiger partial charge in [0.1, 0.15) is 0 Å². The number of nitrogens with zero attached hydrogens (tertiary/aromatic N) is 1. The number of hydrogen-bond acceptors (Lipinski definition) is 4. The van der Waals surface area contributed by atoms with Gasteiger partial charge in [-0.25, -0.2) is 18.1 Å². The van der Waals surface area contributed by atoms with E-state index in [0.717, 1.165) is 6.42 Å². The molecule has 1 aromatic rings. The van der Waals surface area contributed by atoms with Crippen molar-refractivity contribution in [1.29, 1.82) is 0 Å². The van der Waals surface area contributed by atoms with Crippen molar-refractivity contribution in [2.24, 2.45) is 11.8 Å². The normalized spacial score (nSPS) is 23.0. The molecule has 2 atom stereocenters. The summed E-state index contributed by atoms with van der Waals surface area (Å²) in [7, 11) is -3.56. The second-order valence-electron chi connectivity index (χ2n) is 5.76. The number of hydrogen-bond donors (Lipinski definition) is 2. The molecule has 6 heteroatoms. The van der Waals surface area contributed by atoms with Crippen LogP contribution in [0.4, 0.5) is 5.69 Å². The van der Waals surface area contributed by atoms with E-state index >= 15 is 0 Å². The fraction of sp³-hybridized carbons (Fsp3) is 0.667.